The Hall–Kier alpha value is -3.15. The van der Waals surface area contributed by atoms with Crippen LogP contribution in [0.3, 0.4) is 0 Å². The van der Waals surface area contributed by atoms with Crippen LogP contribution in [0.2, 0.25) is 0 Å². The SMILES string of the molecule is COC(=O)c1ccc2c(c1)C(=O)C(CCC1CCN(C(=O)OCc3ccccc3)CC1)C2. The Balaban J connectivity index is 1.21. The Morgan fingerprint density at radius 2 is 1.78 bits per heavy atom. The van der Waals surface area contributed by atoms with Gasteiger partial charge in [-0.05, 0) is 61.3 Å². The first kappa shape index (κ1) is 22.1. The second-order valence-electron chi connectivity index (χ2n) is 8.68. The van der Waals surface area contributed by atoms with E-state index >= 15 is 0 Å². The number of Topliss-reactive ketones (excluding diaryl/α,β-unsaturated/α-hetero) is 1. The summed E-state index contributed by atoms with van der Waals surface area (Å²) in [4.78, 5) is 38.7. The Labute approximate surface area is 188 Å². The summed E-state index contributed by atoms with van der Waals surface area (Å²) in [6.45, 7) is 1.68. The number of benzene rings is 2. The van der Waals surface area contributed by atoms with E-state index in [9.17, 15) is 14.4 Å². The van der Waals surface area contributed by atoms with E-state index in [0.29, 0.717) is 36.7 Å². The van der Waals surface area contributed by atoms with Crippen molar-refractivity contribution < 1.29 is 23.9 Å². The largest absolute Gasteiger partial charge is 0.465 e. The molecule has 0 N–H and O–H groups in total. The molecule has 4 rings (SSSR count). The Bertz CT molecular complexity index is 979. The average molecular weight is 436 g/mol. The zero-order chi connectivity index (χ0) is 22.5. The number of fused-ring (bicyclic) bond motifs is 1. The van der Waals surface area contributed by atoms with Crippen LogP contribution in [-0.4, -0.2) is 42.9 Å². The van der Waals surface area contributed by atoms with Crippen molar-refractivity contribution in [1.29, 1.82) is 0 Å². The molecule has 168 valence electrons. The Morgan fingerprint density at radius 3 is 2.50 bits per heavy atom. The van der Waals surface area contributed by atoms with Crippen molar-refractivity contribution in [1.82, 2.24) is 4.90 Å². The molecular weight excluding hydrogens is 406 g/mol. The number of amides is 1. The van der Waals surface area contributed by atoms with E-state index in [1.165, 1.54) is 7.11 Å². The van der Waals surface area contributed by atoms with Gasteiger partial charge in [0.05, 0.1) is 12.7 Å². The summed E-state index contributed by atoms with van der Waals surface area (Å²) in [5.74, 6) is 0.202. The summed E-state index contributed by atoms with van der Waals surface area (Å²) in [6.07, 6.45) is 4.16. The topological polar surface area (TPSA) is 72.9 Å². The summed E-state index contributed by atoms with van der Waals surface area (Å²) in [6, 6.07) is 15.0. The number of rotatable bonds is 6. The quantitative estimate of drug-likeness (QED) is 0.617. The highest BCUT2D eigenvalue weighted by Gasteiger charge is 2.32. The van der Waals surface area contributed by atoms with Crippen LogP contribution < -0.4 is 0 Å². The van der Waals surface area contributed by atoms with Gasteiger partial charge in [-0.15, -0.1) is 0 Å². The van der Waals surface area contributed by atoms with Crippen molar-refractivity contribution in [3.05, 3.63) is 70.8 Å². The van der Waals surface area contributed by atoms with Gasteiger partial charge in [0.2, 0.25) is 0 Å². The van der Waals surface area contributed by atoms with E-state index in [1.807, 2.05) is 36.4 Å². The van der Waals surface area contributed by atoms with E-state index in [-0.39, 0.29) is 17.8 Å². The Morgan fingerprint density at radius 1 is 1.03 bits per heavy atom. The third kappa shape index (κ3) is 5.01. The molecule has 0 aromatic heterocycles. The molecule has 1 aliphatic heterocycles. The van der Waals surface area contributed by atoms with Gasteiger partial charge in [0.25, 0.3) is 0 Å². The first-order valence-electron chi connectivity index (χ1n) is 11.3. The molecule has 0 saturated carbocycles. The van der Waals surface area contributed by atoms with Crippen LogP contribution in [0.1, 0.15) is 57.5 Å². The van der Waals surface area contributed by atoms with E-state index < -0.39 is 5.97 Å². The Kier molecular flexibility index (Phi) is 6.88. The van der Waals surface area contributed by atoms with Crippen LogP contribution in [0, 0.1) is 11.8 Å². The molecule has 6 nitrogen and oxygen atoms in total. The third-order valence-corrected chi connectivity index (χ3v) is 6.63. The van der Waals surface area contributed by atoms with Crippen LogP contribution in [0.15, 0.2) is 48.5 Å². The first-order valence-corrected chi connectivity index (χ1v) is 11.3. The number of methoxy groups -OCH3 is 1. The third-order valence-electron chi connectivity index (χ3n) is 6.63. The van der Waals surface area contributed by atoms with Crippen molar-refractivity contribution in [2.24, 2.45) is 11.8 Å². The zero-order valence-corrected chi connectivity index (χ0v) is 18.4. The fourth-order valence-corrected chi connectivity index (χ4v) is 4.69. The molecule has 0 spiro atoms. The standard InChI is InChI=1S/C26H29NO5/c1-31-25(29)22-10-9-20-15-21(24(28)23(20)16-22)8-7-18-11-13-27(14-12-18)26(30)32-17-19-5-3-2-4-6-19/h2-6,9-10,16,18,21H,7-8,11-15,17H2,1H3. The lowest BCUT2D eigenvalue weighted by Crippen LogP contribution is -2.38. The number of piperidine rings is 1. The summed E-state index contributed by atoms with van der Waals surface area (Å²) < 4.78 is 10.2. The summed E-state index contributed by atoms with van der Waals surface area (Å²) in [5.41, 5.74) is 3.08. The second-order valence-corrected chi connectivity index (χ2v) is 8.68. The molecule has 1 unspecified atom stereocenters. The second kappa shape index (κ2) is 9.98. The van der Waals surface area contributed by atoms with Crippen molar-refractivity contribution in [2.45, 2.75) is 38.7 Å². The van der Waals surface area contributed by atoms with E-state index in [0.717, 1.165) is 43.2 Å². The summed E-state index contributed by atoms with van der Waals surface area (Å²) in [5, 5.41) is 0. The van der Waals surface area contributed by atoms with E-state index in [1.54, 1.807) is 17.0 Å². The predicted octanol–water partition coefficient (Wildman–Crippen LogP) is 4.66. The van der Waals surface area contributed by atoms with Gasteiger partial charge in [0, 0.05) is 24.6 Å². The van der Waals surface area contributed by atoms with Gasteiger partial charge in [-0.25, -0.2) is 9.59 Å². The maximum absolute atomic E-state index is 12.8. The minimum atomic E-state index is -0.418. The number of carbonyl (C=O) groups excluding carboxylic acids is 3. The fourth-order valence-electron chi connectivity index (χ4n) is 4.69. The van der Waals surface area contributed by atoms with Crippen molar-refractivity contribution in [3.8, 4) is 0 Å². The monoisotopic (exact) mass is 435 g/mol. The van der Waals surface area contributed by atoms with E-state index in [2.05, 4.69) is 0 Å². The summed E-state index contributed by atoms with van der Waals surface area (Å²) >= 11 is 0. The molecule has 2 aromatic rings. The highest BCUT2D eigenvalue weighted by atomic mass is 16.6. The number of ether oxygens (including phenoxy) is 2. The fraction of sp³-hybridized carbons (Fsp3) is 0.423. The summed E-state index contributed by atoms with van der Waals surface area (Å²) in [7, 11) is 1.34. The van der Waals surface area contributed by atoms with Gasteiger partial charge in [-0.2, -0.15) is 0 Å². The molecule has 2 aromatic carbocycles. The highest BCUT2D eigenvalue weighted by Crippen LogP contribution is 2.33. The molecule has 1 atom stereocenters. The van der Waals surface area contributed by atoms with Gasteiger partial charge in [-0.3, -0.25) is 4.79 Å². The minimum absolute atomic E-state index is 0.0215. The smallest absolute Gasteiger partial charge is 0.410 e. The zero-order valence-electron chi connectivity index (χ0n) is 18.4. The van der Waals surface area contributed by atoms with Crippen LogP contribution in [0.5, 0.6) is 0 Å². The lowest BCUT2D eigenvalue weighted by molar-refractivity contribution is 0.0600. The van der Waals surface area contributed by atoms with E-state index in [4.69, 9.17) is 9.47 Å². The maximum Gasteiger partial charge on any atom is 0.410 e. The number of ketones is 1. The molecule has 2 aliphatic rings. The van der Waals surface area contributed by atoms with Crippen LogP contribution >= 0.6 is 0 Å². The number of likely N-dealkylation sites (tertiary alicyclic amines) is 1. The van der Waals surface area contributed by atoms with Gasteiger partial charge in [0.1, 0.15) is 6.61 Å². The van der Waals surface area contributed by atoms with Gasteiger partial charge in [-0.1, -0.05) is 36.4 Å². The van der Waals surface area contributed by atoms with Crippen LogP contribution in [-0.2, 0) is 22.5 Å². The number of nitrogens with zero attached hydrogens (tertiary/aromatic N) is 1. The molecule has 0 radical (unpaired) electrons. The minimum Gasteiger partial charge on any atom is -0.465 e. The van der Waals surface area contributed by atoms with Crippen LogP contribution in [0.25, 0.3) is 0 Å². The molecule has 1 amide bonds. The van der Waals surface area contributed by atoms with Crippen molar-refractivity contribution in [3.63, 3.8) is 0 Å². The van der Waals surface area contributed by atoms with Crippen molar-refractivity contribution >= 4 is 17.8 Å². The van der Waals surface area contributed by atoms with Gasteiger partial charge in [0.15, 0.2) is 5.78 Å². The molecule has 32 heavy (non-hydrogen) atoms. The normalized spacial score (nSPS) is 18.3. The number of hydrogen-bond acceptors (Lipinski definition) is 5. The molecule has 0 bridgehead atoms. The lowest BCUT2D eigenvalue weighted by atomic mass is 9.87. The molecule has 1 fully saturated rings. The molecular formula is C26H29NO5. The highest BCUT2D eigenvalue weighted by molar-refractivity contribution is 6.04. The number of esters is 1. The number of hydrogen-bond donors (Lipinski definition) is 0. The molecule has 6 heteroatoms. The van der Waals surface area contributed by atoms with Gasteiger partial charge < -0.3 is 14.4 Å². The first-order chi connectivity index (χ1) is 15.5. The molecule has 1 heterocycles. The molecule has 1 saturated heterocycles. The number of carbonyl (C=O) groups is 3. The average Bonchev–Trinajstić information content (AvgIpc) is 3.16. The van der Waals surface area contributed by atoms with Gasteiger partial charge >= 0.3 is 12.1 Å². The lowest BCUT2D eigenvalue weighted by Gasteiger charge is -2.31. The predicted molar refractivity (Wildman–Crippen MR) is 119 cm³/mol. The molecule has 1 aliphatic carbocycles. The maximum atomic E-state index is 12.8. The van der Waals surface area contributed by atoms with Crippen molar-refractivity contribution in [2.75, 3.05) is 20.2 Å². The van der Waals surface area contributed by atoms with Crippen LogP contribution in [0.4, 0.5) is 4.79 Å².